The monoisotopic (exact) mass is 303 g/mol. The van der Waals surface area contributed by atoms with Gasteiger partial charge in [0.2, 0.25) is 15.8 Å². The molecule has 0 radical (unpaired) electrons. The quantitative estimate of drug-likeness (QED) is 0.440. The summed E-state index contributed by atoms with van der Waals surface area (Å²) in [7, 11) is -3.87. The van der Waals surface area contributed by atoms with Crippen LogP contribution in [0, 0.1) is 15.9 Å². The average Bonchev–Trinajstić information content (AvgIpc) is 3.18. The van der Waals surface area contributed by atoms with E-state index in [1.54, 1.807) is 0 Å². The first-order valence-corrected chi connectivity index (χ1v) is 7.55. The van der Waals surface area contributed by atoms with Gasteiger partial charge >= 0.3 is 5.69 Å². The van der Waals surface area contributed by atoms with Gasteiger partial charge in [0.25, 0.3) is 0 Å². The molecule has 0 bridgehead atoms. The maximum Gasteiger partial charge on any atom is 0.306 e. The Hall–Kier alpha value is -1.58. The van der Waals surface area contributed by atoms with Crippen LogP contribution < -0.4 is 10.0 Å². The molecule has 1 aliphatic carbocycles. The first kappa shape index (κ1) is 14.8. The van der Waals surface area contributed by atoms with Crippen molar-refractivity contribution in [2.24, 2.45) is 0 Å². The topological polar surface area (TPSA) is 101 Å². The highest BCUT2D eigenvalue weighted by Crippen LogP contribution is 2.21. The number of rotatable bonds is 7. The Morgan fingerprint density at radius 2 is 2.05 bits per heavy atom. The molecular weight excluding hydrogens is 289 g/mol. The zero-order valence-corrected chi connectivity index (χ0v) is 11.3. The highest BCUT2D eigenvalue weighted by atomic mass is 32.2. The molecule has 0 aromatic heterocycles. The van der Waals surface area contributed by atoms with E-state index in [9.17, 15) is 22.9 Å². The molecular formula is C11H14FN3O4S. The molecule has 0 unspecified atom stereocenters. The lowest BCUT2D eigenvalue weighted by Gasteiger charge is -2.07. The lowest BCUT2D eigenvalue weighted by Crippen LogP contribution is -2.32. The van der Waals surface area contributed by atoms with Crippen molar-refractivity contribution < 1.29 is 17.7 Å². The third kappa shape index (κ3) is 3.71. The summed E-state index contributed by atoms with van der Waals surface area (Å²) in [5, 5.41) is 13.7. The lowest BCUT2D eigenvalue weighted by molar-refractivity contribution is -0.387. The molecule has 0 amide bonds. The van der Waals surface area contributed by atoms with E-state index in [0.717, 1.165) is 25.0 Å². The third-order valence-electron chi connectivity index (χ3n) is 2.85. The Morgan fingerprint density at radius 1 is 1.35 bits per heavy atom. The van der Waals surface area contributed by atoms with Crippen molar-refractivity contribution in [3.8, 4) is 0 Å². The Balaban J connectivity index is 2.03. The second kappa shape index (κ2) is 5.81. The molecule has 1 saturated carbocycles. The zero-order chi connectivity index (χ0) is 14.8. The van der Waals surface area contributed by atoms with Crippen LogP contribution >= 0.6 is 0 Å². The van der Waals surface area contributed by atoms with Crippen molar-refractivity contribution in [2.75, 3.05) is 13.1 Å². The SMILES string of the molecule is O=[N+]([O-])c1cc(S(=O)(=O)NCCNC2CC2)ccc1F. The molecule has 0 heterocycles. The van der Waals surface area contributed by atoms with Gasteiger partial charge in [-0.15, -0.1) is 0 Å². The van der Waals surface area contributed by atoms with Gasteiger partial charge < -0.3 is 5.32 Å². The summed E-state index contributed by atoms with van der Waals surface area (Å²) in [6, 6.07) is 2.95. The highest BCUT2D eigenvalue weighted by molar-refractivity contribution is 7.89. The van der Waals surface area contributed by atoms with E-state index in [2.05, 4.69) is 10.0 Å². The number of nitrogens with one attached hydrogen (secondary N) is 2. The van der Waals surface area contributed by atoms with Gasteiger partial charge in [-0.05, 0) is 25.0 Å². The van der Waals surface area contributed by atoms with Crippen molar-refractivity contribution in [3.05, 3.63) is 34.1 Å². The first-order chi connectivity index (χ1) is 9.40. The number of nitro benzene ring substituents is 1. The van der Waals surface area contributed by atoms with Gasteiger partial charge in [-0.3, -0.25) is 10.1 Å². The minimum Gasteiger partial charge on any atom is -0.313 e. The van der Waals surface area contributed by atoms with Gasteiger partial charge in [0.15, 0.2) is 0 Å². The van der Waals surface area contributed by atoms with Gasteiger partial charge in [0.05, 0.1) is 9.82 Å². The minimum atomic E-state index is -3.87. The molecule has 0 spiro atoms. The molecule has 1 aromatic rings. The van der Waals surface area contributed by atoms with E-state index in [1.165, 1.54) is 0 Å². The molecule has 0 atom stereocenters. The number of sulfonamides is 1. The maximum absolute atomic E-state index is 13.1. The molecule has 0 saturated heterocycles. The van der Waals surface area contributed by atoms with Crippen LogP contribution in [0.5, 0.6) is 0 Å². The number of benzene rings is 1. The van der Waals surface area contributed by atoms with Crippen LogP contribution in [0.2, 0.25) is 0 Å². The average molecular weight is 303 g/mol. The summed E-state index contributed by atoms with van der Waals surface area (Å²) >= 11 is 0. The number of halogens is 1. The molecule has 2 rings (SSSR count). The van der Waals surface area contributed by atoms with Crippen LogP contribution in [-0.2, 0) is 10.0 Å². The molecule has 1 aliphatic rings. The molecule has 20 heavy (non-hydrogen) atoms. The summed E-state index contributed by atoms with van der Waals surface area (Å²) < 4.78 is 39.2. The van der Waals surface area contributed by atoms with Crippen molar-refractivity contribution in [1.29, 1.82) is 0 Å². The van der Waals surface area contributed by atoms with Crippen LogP contribution in [0.4, 0.5) is 10.1 Å². The first-order valence-electron chi connectivity index (χ1n) is 6.07. The Morgan fingerprint density at radius 3 is 2.65 bits per heavy atom. The van der Waals surface area contributed by atoms with Crippen LogP contribution in [0.15, 0.2) is 23.1 Å². The van der Waals surface area contributed by atoms with Crippen molar-refractivity contribution in [3.63, 3.8) is 0 Å². The fourth-order valence-corrected chi connectivity index (χ4v) is 2.68. The van der Waals surface area contributed by atoms with E-state index in [-0.39, 0.29) is 11.4 Å². The van der Waals surface area contributed by atoms with Gasteiger partial charge in [-0.25, -0.2) is 13.1 Å². The summed E-state index contributed by atoms with van der Waals surface area (Å²) in [5.74, 6) is -1.07. The van der Waals surface area contributed by atoms with Crippen LogP contribution in [0.3, 0.4) is 0 Å². The van der Waals surface area contributed by atoms with E-state index in [4.69, 9.17) is 0 Å². The van der Waals surface area contributed by atoms with Gasteiger partial charge in [0.1, 0.15) is 0 Å². The Bertz CT molecular complexity index is 616. The molecule has 1 fully saturated rings. The smallest absolute Gasteiger partial charge is 0.306 e. The maximum atomic E-state index is 13.1. The van der Waals surface area contributed by atoms with Crippen LogP contribution in [0.1, 0.15) is 12.8 Å². The summed E-state index contributed by atoms with van der Waals surface area (Å²) in [4.78, 5) is 9.31. The van der Waals surface area contributed by atoms with E-state index in [1.807, 2.05) is 0 Å². The number of hydrogen-bond acceptors (Lipinski definition) is 5. The van der Waals surface area contributed by atoms with Crippen molar-refractivity contribution >= 4 is 15.7 Å². The summed E-state index contributed by atoms with van der Waals surface area (Å²) in [6.45, 7) is 0.650. The van der Waals surface area contributed by atoms with E-state index < -0.39 is 26.5 Å². The normalized spacial score (nSPS) is 15.2. The fourth-order valence-electron chi connectivity index (χ4n) is 1.63. The second-order valence-electron chi connectivity index (χ2n) is 4.50. The molecule has 1 aromatic carbocycles. The lowest BCUT2D eigenvalue weighted by atomic mass is 10.3. The van der Waals surface area contributed by atoms with Crippen LogP contribution in [0.25, 0.3) is 0 Å². The minimum absolute atomic E-state index is 0.171. The van der Waals surface area contributed by atoms with Gasteiger partial charge in [-0.2, -0.15) is 4.39 Å². The van der Waals surface area contributed by atoms with Gasteiger partial charge in [0, 0.05) is 25.2 Å². The van der Waals surface area contributed by atoms with Crippen molar-refractivity contribution in [2.45, 2.75) is 23.8 Å². The molecule has 110 valence electrons. The predicted molar refractivity (Wildman–Crippen MR) is 69.3 cm³/mol. The zero-order valence-electron chi connectivity index (χ0n) is 10.5. The predicted octanol–water partition coefficient (Wildman–Crippen LogP) is 0.764. The number of hydrogen-bond donors (Lipinski definition) is 2. The molecule has 7 nitrogen and oxygen atoms in total. The Labute approximate surface area is 115 Å². The second-order valence-corrected chi connectivity index (χ2v) is 6.26. The fraction of sp³-hybridized carbons (Fsp3) is 0.455. The number of nitro groups is 1. The molecule has 0 aliphatic heterocycles. The standard InChI is InChI=1S/C11H14FN3O4S/c12-10-4-3-9(7-11(10)15(16)17)20(18,19)14-6-5-13-8-1-2-8/h3-4,7-8,13-14H,1-2,5-6H2. The highest BCUT2D eigenvalue weighted by Gasteiger charge is 2.22. The summed E-state index contributed by atoms with van der Waals surface area (Å²) in [6.07, 6.45) is 2.19. The molecule has 2 N–H and O–H groups in total. The van der Waals surface area contributed by atoms with E-state index >= 15 is 0 Å². The molecule has 9 heteroatoms. The van der Waals surface area contributed by atoms with Crippen molar-refractivity contribution in [1.82, 2.24) is 10.0 Å². The largest absolute Gasteiger partial charge is 0.313 e. The van der Waals surface area contributed by atoms with Crippen LogP contribution in [-0.4, -0.2) is 32.5 Å². The Kier molecular flexibility index (Phi) is 4.31. The number of nitrogens with zero attached hydrogens (tertiary/aromatic N) is 1. The van der Waals surface area contributed by atoms with E-state index in [0.29, 0.717) is 18.7 Å². The third-order valence-corrected chi connectivity index (χ3v) is 4.31. The summed E-state index contributed by atoms with van der Waals surface area (Å²) in [5.41, 5.74) is -0.857. The van der Waals surface area contributed by atoms with Gasteiger partial charge in [-0.1, -0.05) is 0 Å².